The lowest BCUT2D eigenvalue weighted by Gasteiger charge is -2.27. The van der Waals surface area contributed by atoms with Crippen LogP contribution < -0.4 is 15.4 Å². The Morgan fingerprint density at radius 1 is 1.12 bits per heavy atom. The number of benzene rings is 2. The summed E-state index contributed by atoms with van der Waals surface area (Å²) in [7, 11) is 1.63. The summed E-state index contributed by atoms with van der Waals surface area (Å²) in [6.45, 7) is 4.81. The number of nitrogens with one attached hydrogen (secondary N) is 2. The topological polar surface area (TPSA) is 88.6 Å². The van der Waals surface area contributed by atoms with Crippen molar-refractivity contribution >= 4 is 39.8 Å². The molecule has 2 heterocycles. The molecule has 2 aromatic carbocycles. The molecule has 0 atom stereocenters. The summed E-state index contributed by atoms with van der Waals surface area (Å²) < 4.78 is 11.5. The molecule has 174 valence electrons. The van der Waals surface area contributed by atoms with E-state index >= 15 is 0 Å². The van der Waals surface area contributed by atoms with Gasteiger partial charge in [0.25, 0.3) is 0 Å². The number of aromatic nitrogens is 2. The number of morpholine rings is 1. The standard InChI is InChI=1S/C23H27N5O3S2/c1-30-20-9-5-4-8-19(20)25-22-26-27-23(33-22)32-16-21(29)24-14-17-6-2-3-7-18(17)15-28-10-12-31-13-11-28/h2-9H,10-16H2,1H3,(H,24,29)(H,25,26). The lowest BCUT2D eigenvalue weighted by atomic mass is 10.1. The van der Waals surface area contributed by atoms with Crippen molar-refractivity contribution in [3.05, 3.63) is 59.7 Å². The highest BCUT2D eigenvalue weighted by atomic mass is 32.2. The molecule has 0 unspecified atom stereocenters. The molecular formula is C23H27N5O3S2. The maximum atomic E-state index is 12.4. The first kappa shape index (κ1) is 23.5. The number of hydrogen-bond donors (Lipinski definition) is 2. The van der Waals surface area contributed by atoms with Crippen LogP contribution in [0, 0.1) is 0 Å². The number of amides is 1. The molecule has 1 aliphatic rings. The highest BCUT2D eigenvalue weighted by molar-refractivity contribution is 8.01. The first-order valence-corrected chi connectivity index (χ1v) is 12.5. The first-order valence-electron chi connectivity index (χ1n) is 10.7. The third-order valence-corrected chi connectivity index (χ3v) is 7.15. The van der Waals surface area contributed by atoms with Crippen LogP contribution in [0.3, 0.4) is 0 Å². The van der Waals surface area contributed by atoms with Gasteiger partial charge in [0, 0.05) is 26.2 Å². The number of carbonyl (C=O) groups excluding carboxylic acids is 1. The first-order chi connectivity index (χ1) is 16.2. The van der Waals surface area contributed by atoms with E-state index in [4.69, 9.17) is 9.47 Å². The Hall–Kier alpha value is -2.66. The fourth-order valence-electron chi connectivity index (χ4n) is 3.44. The van der Waals surface area contributed by atoms with Gasteiger partial charge < -0.3 is 20.1 Å². The quantitative estimate of drug-likeness (QED) is 0.422. The second-order valence-electron chi connectivity index (χ2n) is 7.42. The number of rotatable bonds is 10. The molecule has 1 fully saturated rings. The molecule has 0 bridgehead atoms. The summed E-state index contributed by atoms with van der Waals surface area (Å²) in [4.78, 5) is 14.8. The van der Waals surface area contributed by atoms with Crippen molar-refractivity contribution in [2.24, 2.45) is 0 Å². The van der Waals surface area contributed by atoms with Gasteiger partial charge in [0.05, 0.1) is 31.8 Å². The Morgan fingerprint density at radius 2 is 1.88 bits per heavy atom. The van der Waals surface area contributed by atoms with Gasteiger partial charge >= 0.3 is 0 Å². The zero-order valence-corrected chi connectivity index (χ0v) is 20.1. The molecule has 0 aliphatic carbocycles. The fourth-order valence-corrected chi connectivity index (χ4v) is 5.03. The maximum absolute atomic E-state index is 12.4. The lowest BCUT2D eigenvalue weighted by molar-refractivity contribution is -0.118. The molecule has 33 heavy (non-hydrogen) atoms. The summed E-state index contributed by atoms with van der Waals surface area (Å²) in [6.07, 6.45) is 0. The number of thioether (sulfide) groups is 1. The van der Waals surface area contributed by atoms with Crippen molar-refractivity contribution in [2.75, 3.05) is 44.5 Å². The zero-order chi connectivity index (χ0) is 22.9. The third kappa shape index (κ3) is 6.91. The lowest BCUT2D eigenvalue weighted by Crippen LogP contribution is -2.36. The largest absolute Gasteiger partial charge is 0.495 e. The fraction of sp³-hybridized carbons (Fsp3) is 0.348. The monoisotopic (exact) mass is 485 g/mol. The molecule has 1 aromatic heterocycles. The van der Waals surface area contributed by atoms with Crippen LogP contribution in [0.25, 0.3) is 0 Å². The average Bonchev–Trinajstić information content (AvgIpc) is 3.30. The van der Waals surface area contributed by atoms with Crippen LogP contribution in [0.15, 0.2) is 52.9 Å². The van der Waals surface area contributed by atoms with Gasteiger partial charge in [0.2, 0.25) is 11.0 Å². The molecular weight excluding hydrogens is 458 g/mol. The van der Waals surface area contributed by atoms with Gasteiger partial charge in [-0.3, -0.25) is 9.69 Å². The van der Waals surface area contributed by atoms with E-state index in [9.17, 15) is 4.79 Å². The van der Waals surface area contributed by atoms with E-state index in [0.717, 1.165) is 54.2 Å². The minimum atomic E-state index is -0.0318. The van der Waals surface area contributed by atoms with Crippen molar-refractivity contribution < 1.29 is 14.3 Å². The molecule has 0 spiro atoms. The summed E-state index contributed by atoms with van der Waals surface area (Å²) >= 11 is 2.78. The molecule has 0 saturated carbocycles. The molecule has 0 radical (unpaired) electrons. The van der Waals surface area contributed by atoms with E-state index in [1.807, 2.05) is 36.4 Å². The van der Waals surface area contributed by atoms with Gasteiger partial charge in [0.1, 0.15) is 5.75 Å². The van der Waals surface area contributed by atoms with Crippen LogP contribution in [-0.4, -0.2) is 60.2 Å². The van der Waals surface area contributed by atoms with E-state index in [2.05, 4.69) is 37.9 Å². The second kappa shape index (κ2) is 12.0. The second-order valence-corrected chi connectivity index (χ2v) is 9.62. The van der Waals surface area contributed by atoms with Gasteiger partial charge in [-0.15, -0.1) is 10.2 Å². The van der Waals surface area contributed by atoms with Crippen molar-refractivity contribution in [1.29, 1.82) is 0 Å². The average molecular weight is 486 g/mol. The van der Waals surface area contributed by atoms with E-state index in [-0.39, 0.29) is 11.7 Å². The van der Waals surface area contributed by atoms with Crippen molar-refractivity contribution in [2.45, 2.75) is 17.4 Å². The predicted octanol–water partition coefficient (Wildman–Crippen LogP) is 3.53. The number of nitrogens with zero attached hydrogens (tertiary/aromatic N) is 3. The Labute approximate surface area is 201 Å². The minimum absolute atomic E-state index is 0.0318. The van der Waals surface area contributed by atoms with Gasteiger partial charge in [-0.1, -0.05) is 59.5 Å². The van der Waals surface area contributed by atoms with Crippen molar-refractivity contribution in [1.82, 2.24) is 20.4 Å². The molecule has 4 rings (SSSR count). The number of ether oxygens (including phenoxy) is 2. The Morgan fingerprint density at radius 3 is 2.70 bits per heavy atom. The molecule has 1 aliphatic heterocycles. The van der Waals surface area contributed by atoms with Gasteiger partial charge in [0.15, 0.2) is 4.34 Å². The molecule has 3 aromatic rings. The minimum Gasteiger partial charge on any atom is -0.495 e. The highest BCUT2D eigenvalue weighted by Gasteiger charge is 2.14. The van der Waals surface area contributed by atoms with E-state index < -0.39 is 0 Å². The SMILES string of the molecule is COc1ccccc1Nc1nnc(SCC(=O)NCc2ccccc2CN2CCOCC2)s1. The Kier molecular flexibility index (Phi) is 8.53. The predicted molar refractivity (Wildman–Crippen MR) is 131 cm³/mol. The van der Waals surface area contributed by atoms with E-state index in [1.54, 1.807) is 7.11 Å². The van der Waals surface area contributed by atoms with Crippen molar-refractivity contribution in [3.8, 4) is 5.75 Å². The number of methoxy groups -OCH3 is 1. The van der Waals surface area contributed by atoms with Gasteiger partial charge in [-0.05, 0) is 23.3 Å². The van der Waals surface area contributed by atoms with Crippen LogP contribution in [0.1, 0.15) is 11.1 Å². The van der Waals surface area contributed by atoms with E-state index in [0.29, 0.717) is 11.7 Å². The Balaban J connectivity index is 1.25. The summed E-state index contributed by atoms with van der Waals surface area (Å²) in [5.74, 6) is 0.986. The molecule has 1 saturated heterocycles. The molecule has 8 nitrogen and oxygen atoms in total. The van der Waals surface area contributed by atoms with Gasteiger partial charge in [-0.2, -0.15) is 0 Å². The van der Waals surface area contributed by atoms with Crippen LogP contribution in [-0.2, 0) is 22.6 Å². The number of anilines is 2. The van der Waals surface area contributed by atoms with Gasteiger partial charge in [-0.25, -0.2) is 0 Å². The zero-order valence-electron chi connectivity index (χ0n) is 18.5. The summed E-state index contributed by atoms with van der Waals surface area (Å²) in [5.41, 5.74) is 3.20. The molecule has 10 heteroatoms. The number of para-hydroxylation sites is 2. The van der Waals surface area contributed by atoms with Crippen LogP contribution in [0.5, 0.6) is 5.75 Å². The summed E-state index contributed by atoms with van der Waals surface area (Å²) in [5, 5.41) is 15.2. The molecule has 1 amide bonds. The number of hydrogen-bond acceptors (Lipinski definition) is 9. The summed E-state index contributed by atoms with van der Waals surface area (Å²) in [6, 6.07) is 15.9. The highest BCUT2D eigenvalue weighted by Crippen LogP contribution is 2.31. The normalized spacial score (nSPS) is 14.1. The van der Waals surface area contributed by atoms with Crippen LogP contribution in [0.4, 0.5) is 10.8 Å². The van der Waals surface area contributed by atoms with Crippen LogP contribution >= 0.6 is 23.1 Å². The third-order valence-electron chi connectivity index (χ3n) is 5.17. The Bertz CT molecular complexity index is 1060. The smallest absolute Gasteiger partial charge is 0.230 e. The van der Waals surface area contributed by atoms with Crippen molar-refractivity contribution in [3.63, 3.8) is 0 Å². The maximum Gasteiger partial charge on any atom is 0.230 e. The molecule has 2 N–H and O–H groups in total. The number of carbonyl (C=O) groups is 1. The van der Waals surface area contributed by atoms with E-state index in [1.165, 1.54) is 28.7 Å². The van der Waals surface area contributed by atoms with Crippen LogP contribution in [0.2, 0.25) is 0 Å².